The molecule has 0 N–H and O–H groups in total. The van der Waals surface area contributed by atoms with Gasteiger partial charge in [-0.3, -0.25) is 4.79 Å². The van der Waals surface area contributed by atoms with Crippen molar-refractivity contribution in [3.8, 4) is 0 Å². The van der Waals surface area contributed by atoms with Crippen molar-refractivity contribution in [3.05, 3.63) is 34.9 Å². The van der Waals surface area contributed by atoms with Crippen LogP contribution in [0, 0.1) is 5.92 Å². The Morgan fingerprint density at radius 1 is 1.28 bits per heavy atom. The Bertz CT molecular complexity index is 448. The van der Waals surface area contributed by atoms with Crippen molar-refractivity contribution in [1.82, 2.24) is 0 Å². The van der Waals surface area contributed by atoms with Crippen LogP contribution < -0.4 is 0 Å². The number of rotatable bonds is 2. The van der Waals surface area contributed by atoms with Crippen LogP contribution in [0.1, 0.15) is 42.5 Å². The summed E-state index contributed by atoms with van der Waals surface area (Å²) in [7, 11) is 0. The predicted octanol–water partition coefficient (Wildman–Crippen LogP) is 3.87. The molecule has 1 saturated heterocycles. The third-order valence-electron chi connectivity index (χ3n) is 4.26. The Hall–Kier alpha value is -0.860. The monoisotopic (exact) mass is 264 g/mol. The van der Waals surface area contributed by atoms with E-state index in [0.29, 0.717) is 5.02 Å². The molecular weight excluding hydrogens is 248 g/mol. The van der Waals surface area contributed by atoms with Crippen LogP contribution in [0.2, 0.25) is 5.02 Å². The highest BCUT2D eigenvalue weighted by Crippen LogP contribution is 2.44. The van der Waals surface area contributed by atoms with Gasteiger partial charge in [-0.1, -0.05) is 11.6 Å². The van der Waals surface area contributed by atoms with Crippen molar-refractivity contribution in [3.63, 3.8) is 0 Å². The summed E-state index contributed by atoms with van der Waals surface area (Å²) < 4.78 is 5.86. The molecule has 1 atom stereocenters. The minimum Gasteiger partial charge on any atom is -0.375 e. The van der Waals surface area contributed by atoms with Crippen LogP contribution in [-0.4, -0.2) is 18.0 Å². The molecule has 0 radical (unpaired) electrons. The van der Waals surface area contributed by atoms with E-state index >= 15 is 0 Å². The normalized spacial score (nSPS) is 25.7. The third kappa shape index (κ3) is 2.19. The Kier molecular flexibility index (Phi) is 3.16. The quantitative estimate of drug-likeness (QED) is 0.758. The number of hydrogen-bond acceptors (Lipinski definition) is 2. The Balaban J connectivity index is 1.74. The molecule has 1 aliphatic heterocycles. The molecule has 0 aromatic heterocycles. The summed E-state index contributed by atoms with van der Waals surface area (Å²) in [6.07, 6.45) is 5.23. The number of halogens is 1. The van der Waals surface area contributed by atoms with Crippen molar-refractivity contribution in [2.24, 2.45) is 5.92 Å². The van der Waals surface area contributed by atoms with E-state index < -0.39 is 0 Å². The zero-order valence-corrected chi connectivity index (χ0v) is 11.1. The highest BCUT2D eigenvalue weighted by Gasteiger charge is 2.44. The summed E-state index contributed by atoms with van der Waals surface area (Å²) in [5, 5.41) is 0.675. The zero-order chi connectivity index (χ0) is 12.6. The molecule has 1 unspecified atom stereocenters. The molecular formula is C15H17ClO2. The van der Waals surface area contributed by atoms with Crippen molar-refractivity contribution >= 4 is 17.4 Å². The number of ether oxygens (including phenoxy) is 1. The molecule has 96 valence electrons. The number of carbonyl (C=O) groups is 1. The third-order valence-corrected chi connectivity index (χ3v) is 4.51. The second kappa shape index (κ2) is 4.67. The molecule has 1 aromatic rings. The topological polar surface area (TPSA) is 26.3 Å². The van der Waals surface area contributed by atoms with Crippen LogP contribution >= 0.6 is 11.6 Å². The SMILES string of the molecule is O=C(c1ccc(Cl)cc1)C1CCOC2(CCC2)C1. The van der Waals surface area contributed by atoms with E-state index in [9.17, 15) is 4.79 Å². The first-order valence-corrected chi connectivity index (χ1v) is 7.00. The minimum atomic E-state index is 0.0327. The van der Waals surface area contributed by atoms with Gasteiger partial charge in [0.15, 0.2) is 5.78 Å². The van der Waals surface area contributed by atoms with E-state index in [1.54, 1.807) is 12.1 Å². The van der Waals surface area contributed by atoms with Gasteiger partial charge in [0.05, 0.1) is 5.60 Å². The summed E-state index contributed by atoms with van der Waals surface area (Å²) in [4.78, 5) is 12.4. The standard InChI is InChI=1S/C15H17ClO2/c16-13-4-2-11(3-5-13)14(17)12-6-9-18-15(10-12)7-1-8-15/h2-5,12H,1,6-10H2. The summed E-state index contributed by atoms with van der Waals surface area (Å²) in [5.41, 5.74) is 0.811. The maximum absolute atomic E-state index is 12.4. The van der Waals surface area contributed by atoms with Gasteiger partial charge in [-0.05, 0) is 56.4 Å². The Morgan fingerprint density at radius 3 is 2.61 bits per heavy atom. The molecule has 18 heavy (non-hydrogen) atoms. The summed E-state index contributed by atoms with van der Waals surface area (Å²) in [5.74, 6) is 0.376. The highest BCUT2D eigenvalue weighted by atomic mass is 35.5. The van der Waals surface area contributed by atoms with E-state index in [-0.39, 0.29) is 17.3 Å². The molecule has 1 aromatic carbocycles. The number of Topliss-reactive ketones (excluding diaryl/α,β-unsaturated/α-hetero) is 1. The van der Waals surface area contributed by atoms with Crippen LogP contribution in [0.25, 0.3) is 0 Å². The molecule has 2 fully saturated rings. The molecule has 1 heterocycles. The van der Waals surface area contributed by atoms with Crippen LogP contribution in [0.15, 0.2) is 24.3 Å². The van der Waals surface area contributed by atoms with E-state index in [0.717, 1.165) is 37.9 Å². The lowest BCUT2D eigenvalue weighted by Gasteiger charge is -2.46. The van der Waals surface area contributed by atoms with Crippen molar-refractivity contribution in [2.45, 2.75) is 37.7 Å². The molecule has 1 saturated carbocycles. The van der Waals surface area contributed by atoms with Crippen LogP contribution in [-0.2, 0) is 4.74 Å². The average molecular weight is 265 g/mol. The molecule has 2 aliphatic rings. The smallest absolute Gasteiger partial charge is 0.166 e. The molecule has 3 rings (SSSR count). The predicted molar refractivity (Wildman–Crippen MR) is 71.0 cm³/mol. The van der Waals surface area contributed by atoms with E-state index in [1.807, 2.05) is 12.1 Å². The number of benzene rings is 1. The van der Waals surface area contributed by atoms with Gasteiger partial charge in [0.1, 0.15) is 0 Å². The van der Waals surface area contributed by atoms with Crippen molar-refractivity contribution in [2.75, 3.05) is 6.61 Å². The van der Waals surface area contributed by atoms with Gasteiger partial charge in [-0.15, -0.1) is 0 Å². The average Bonchev–Trinajstić information content (AvgIpc) is 2.37. The van der Waals surface area contributed by atoms with Crippen LogP contribution in [0.3, 0.4) is 0 Å². The summed E-state index contributed by atoms with van der Waals surface area (Å²) >= 11 is 5.85. The van der Waals surface area contributed by atoms with E-state index in [4.69, 9.17) is 16.3 Å². The number of carbonyl (C=O) groups excluding carboxylic acids is 1. The summed E-state index contributed by atoms with van der Waals surface area (Å²) in [6, 6.07) is 7.22. The Labute approximate surface area is 112 Å². The minimum absolute atomic E-state index is 0.0327. The molecule has 1 spiro atoms. The molecule has 0 bridgehead atoms. The number of ketones is 1. The molecule has 1 aliphatic carbocycles. The maximum Gasteiger partial charge on any atom is 0.166 e. The van der Waals surface area contributed by atoms with E-state index in [1.165, 1.54) is 6.42 Å². The molecule has 0 amide bonds. The first-order valence-electron chi connectivity index (χ1n) is 6.62. The fourth-order valence-corrected chi connectivity index (χ4v) is 3.15. The molecule has 3 heteroatoms. The van der Waals surface area contributed by atoms with E-state index in [2.05, 4.69) is 0 Å². The first-order chi connectivity index (χ1) is 8.69. The molecule has 2 nitrogen and oxygen atoms in total. The lowest BCUT2D eigenvalue weighted by atomic mass is 9.70. The summed E-state index contributed by atoms with van der Waals surface area (Å²) in [6.45, 7) is 0.726. The van der Waals surface area contributed by atoms with Gasteiger partial charge in [0, 0.05) is 23.1 Å². The van der Waals surface area contributed by atoms with Gasteiger partial charge in [0.25, 0.3) is 0 Å². The van der Waals surface area contributed by atoms with Gasteiger partial charge in [-0.2, -0.15) is 0 Å². The largest absolute Gasteiger partial charge is 0.375 e. The Morgan fingerprint density at radius 2 is 2.00 bits per heavy atom. The first kappa shape index (κ1) is 12.2. The van der Waals surface area contributed by atoms with Gasteiger partial charge in [0.2, 0.25) is 0 Å². The van der Waals surface area contributed by atoms with Crippen LogP contribution in [0.4, 0.5) is 0 Å². The highest BCUT2D eigenvalue weighted by molar-refractivity contribution is 6.30. The van der Waals surface area contributed by atoms with Gasteiger partial charge < -0.3 is 4.74 Å². The lowest BCUT2D eigenvalue weighted by Crippen LogP contribution is -2.47. The second-order valence-electron chi connectivity index (χ2n) is 5.45. The second-order valence-corrected chi connectivity index (χ2v) is 5.88. The van der Waals surface area contributed by atoms with Gasteiger partial charge >= 0.3 is 0 Å². The fourth-order valence-electron chi connectivity index (χ4n) is 3.02. The van der Waals surface area contributed by atoms with Crippen molar-refractivity contribution < 1.29 is 9.53 Å². The number of hydrogen-bond donors (Lipinski definition) is 0. The lowest BCUT2D eigenvalue weighted by molar-refractivity contribution is -0.137. The maximum atomic E-state index is 12.4. The van der Waals surface area contributed by atoms with Crippen molar-refractivity contribution in [1.29, 1.82) is 0 Å². The fraction of sp³-hybridized carbons (Fsp3) is 0.533. The van der Waals surface area contributed by atoms with Crippen LogP contribution in [0.5, 0.6) is 0 Å². The van der Waals surface area contributed by atoms with Gasteiger partial charge in [-0.25, -0.2) is 0 Å². The zero-order valence-electron chi connectivity index (χ0n) is 10.3.